The third-order valence-electron chi connectivity index (χ3n) is 2.22. The molecule has 1 aliphatic heterocycles. The average molecular weight is 212 g/mol. The Morgan fingerprint density at radius 1 is 1.36 bits per heavy atom. The van der Waals surface area contributed by atoms with Crippen molar-refractivity contribution >= 4 is 22.6 Å². The maximum atomic E-state index is 4.45. The number of rotatable bonds is 3. The first kappa shape index (κ1) is 9.71. The summed E-state index contributed by atoms with van der Waals surface area (Å²) in [6, 6.07) is 0.425. The molecule has 1 fully saturated rings. The molecule has 0 aliphatic carbocycles. The highest BCUT2D eigenvalue weighted by molar-refractivity contribution is 7.09. The van der Waals surface area contributed by atoms with Crippen LogP contribution in [0.1, 0.15) is 26.7 Å². The third-order valence-corrected chi connectivity index (χ3v) is 2.85. The fourth-order valence-corrected chi connectivity index (χ4v) is 2.30. The number of aromatic nitrogens is 2. The second-order valence-electron chi connectivity index (χ2n) is 3.89. The molecule has 1 aromatic rings. The van der Waals surface area contributed by atoms with Crippen molar-refractivity contribution < 1.29 is 0 Å². The zero-order valence-corrected chi connectivity index (χ0v) is 9.47. The van der Waals surface area contributed by atoms with Crippen LogP contribution < -0.4 is 10.2 Å². The second kappa shape index (κ2) is 4.13. The molecule has 0 aromatic carbocycles. The molecular formula is C9H16N4S. The van der Waals surface area contributed by atoms with Crippen LogP contribution in [0.25, 0.3) is 0 Å². The first-order valence-corrected chi connectivity index (χ1v) is 5.88. The van der Waals surface area contributed by atoms with E-state index in [1.165, 1.54) is 24.4 Å². The van der Waals surface area contributed by atoms with Crippen molar-refractivity contribution in [3.8, 4) is 0 Å². The van der Waals surface area contributed by atoms with Crippen LogP contribution in [0, 0.1) is 0 Å². The predicted octanol–water partition coefficient (Wildman–Crippen LogP) is 1.96. The normalized spacial score (nSPS) is 16.6. The van der Waals surface area contributed by atoms with E-state index in [2.05, 4.69) is 33.4 Å². The lowest BCUT2D eigenvalue weighted by molar-refractivity contribution is 0.886. The fourth-order valence-electron chi connectivity index (χ4n) is 1.57. The molecule has 4 nitrogen and oxygen atoms in total. The summed E-state index contributed by atoms with van der Waals surface area (Å²) >= 11 is 1.45. The summed E-state index contributed by atoms with van der Waals surface area (Å²) in [7, 11) is 0. The van der Waals surface area contributed by atoms with E-state index < -0.39 is 0 Å². The molecule has 1 saturated heterocycles. The van der Waals surface area contributed by atoms with Crippen molar-refractivity contribution in [3.63, 3.8) is 0 Å². The highest BCUT2D eigenvalue weighted by Crippen LogP contribution is 2.21. The van der Waals surface area contributed by atoms with Gasteiger partial charge < -0.3 is 10.2 Å². The maximum absolute atomic E-state index is 4.45. The van der Waals surface area contributed by atoms with Gasteiger partial charge in [-0.2, -0.15) is 9.36 Å². The van der Waals surface area contributed by atoms with Gasteiger partial charge in [0.1, 0.15) is 0 Å². The minimum Gasteiger partial charge on any atom is -0.358 e. The SMILES string of the molecule is CC(C)Nc1nc(N2CCCC2)ns1. The van der Waals surface area contributed by atoms with E-state index in [-0.39, 0.29) is 0 Å². The summed E-state index contributed by atoms with van der Waals surface area (Å²) in [4.78, 5) is 6.71. The summed E-state index contributed by atoms with van der Waals surface area (Å²) in [6.07, 6.45) is 2.54. The average Bonchev–Trinajstić information content (AvgIpc) is 2.69. The lowest BCUT2D eigenvalue weighted by atomic mass is 10.4. The lowest BCUT2D eigenvalue weighted by Gasteiger charge is -2.11. The molecule has 1 aromatic heterocycles. The van der Waals surface area contributed by atoms with Gasteiger partial charge in [0.2, 0.25) is 11.1 Å². The molecule has 0 saturated carbocycles. The minimum atomic E-state index is 0.425. The van der Waals surface area contributed by atoms with Gasteiger partial charge in [-0.3, -0.25) is 0 Å². The largest absolute Gasteiger partial charge is 0.358 e. The number of hydrogen-bond donors (Lipinski definition) is 1. The smallest absolute Gasteiger partial charge is 0.239 e. The number of anilines is 2. The van der Waals surface area contributed by atoms with Gasteiger partial charge in [-0.25, -0.2) is 0 Å². The number of hydrogen-bond acceptors (Lipinski definition) is 5. The highest BCUT2D eigenvalue weighted by Gasteiger charge is 2.16. The van der Waals surface area contributed by atoms with E-state index in [9.17, 15) is 0 Å². The Hall–Kier alpha value is -0.840. The van der Waals surface area contributed by atoms with E-state index in [1.807, 2.05) is 0 Å². The topological polar surface area (TPSA) is 41.1 Å². The Bertz CT molecular complexity index is 291. The molecule has 14 heavy (non-hydrogen) atoms. The van der Waals surface area contributed by atoms with Gasteiger partial charge in [-0.1, -0.05) is 0 Å². The molecule has 2 heterocycles. The van der Waals surface area contributed by atoms with E-state index in [1.54, 1.807) is 0 Å². The molecule has 0 bridgehead atoms. The van der Waals surface area contributed by atoms with Gasteiger partial charge in [0.05, 0.1) is 0 Å². The molecule has 0 atom stereocenters. The summed E-state index contributed by atoms with van der Waals surface area (Å²) < 4.78 is 4.35. The van der Waals surface area contributed by atoms with Crippen molar-refractivity contribution in [2.24, 2.45) is 0 Å². The van der Waals surface area contributed by atoms with E-state index in [0.717, 1.165) is 24.2 Å². The van der Waals surface area contributed by atoms with Gasteiger partial charge in [-0.05, 0) is 26.7 Å². The molecule has 78 valence electrons. The minimum absolute atomic E-state index is 0.425. The van der Waals surface area contributed by atoms with Crippen molar-refractivity contribution in [1.82, 2.24) is 9.36 Å². The summed E-state index contributed by atoms with van der Waals surface area (Å²) in [5, 5.41) is 4.20. The van der Waals surface area contributed by atoms with Gasteiger partial charge in [0, 0.05) is 30.7 Å². The Morgan fingerprint density at radius 3 is 2.71 bits per heavy atom. The first-order chi connectivity index (χ1) is 6.75. The molecule has 0 radical (unpaired) electrons. The number of nitrogens with one attached hydrogen (secondary N) is 1. The van der Waals surface area contributed by atoms with Crippen molar-refractivity contribution in [2.75, 3.05) is 23.3 Å². The molecule has 1 aliphatic rings. The van der Waals surface area contributed by atoms with Crippen LogP contribution >= 0.6 is 11.5 Å². The van der Waals surface area contributed by atoms with Crippen molar-refractivity contribution in [2.45, 2.75) is 32.7 Å². The second-order valence-corrected chi connectivity index (χ2v) is 4.64. The van der Waals surface area contributed by atoms with Crippen LogP contribution in [-0.2, 0) is 0 Å². The molecule has 0 spiro atoms. The van der Waals surface area contributed by atoms with Crippen molar-refractivity contribution in [3.05, 3.63) is 0 Å². The molecule has 5 heteroatoms. The highest BCUT2D eigenvalue weighted by atomic mass is 32.1. The quantitative estimate of drug-likeness (QED) is 0.831. The van der Waals surface area contributed by atoms with Gasteiger partial charge in [0.15, 0.2) is 0 Å². The lowest BCUT2D eigenvalue weighted by Crippen LogP contribution is -2.19. The monoisotopic (exact) mass is 212 g/mol. The standard InChI is InChI=1S/C9H16N4S/c1-7(2)10-9-11-8(12-14-9)13-5-3-4-6-13/h7H,3-6H2,1-2H3,(H,10,11,12). The van der Waals surface area contributed by atoms with Crippen molar-refractivity contribution in [1.29, 1.82) is 0 Å². The molecule has 1 N–H and O–H groups in total. The Balaban J connectivity index is 2.01. The molecule has 0 unspecified atom stereocenters. The molecule has 2 rings (SSSR count). The fraction of sp³-hybridized carbons (Fsp3) is 0.778. The molecule has 0 amide bonds. The zero-order valence-electron chi connectivity index (χ0n) is 8.66. The van der Waals surface area contributed by atoms with Gasteiger partial charge in [-0.15, -0.1) is 0 Å². The third kappa shape index (κ3) is 2.15. The van der Waals surface area contributed by atoms with Crippen LogP contribution in [0.4, 0.5) is 11.1 Å². The van der Waals surface area contributed by atoms with E-state index >= 15 is 0 Å². The summed E-state index contributed by atoms with van der Waals surface area (Å²) in [6.45, 7) is 6.43. The molecular weight excluding hydrogens is 196 g/mol. The van der Waals surface area contributed by atoms with E-state index in [4.69, 9.17) is 0 Å². The van der Waals surface area contributed by atoms with E-state index in [0.29, 0.717) is 6.04 Å². The Labute approximate surface area is 88.5 Å². The predicted molar refractivity (Wildman–Crippen MR) is 60.1 cm³/mol. The Morgan fingerprint density at radius 2 is 2.07 bits per heavy atom. The first-order valence-electron chi connectivity index (χ1n) is 5.11. The number of nitrogens with zero attached hydrogens (tertiary/aromatic N) is 3. The van der Waals surface area contributed by atoms with Gasteiger partial charge >= 0.3 is 0 Å². The summed E-state index contributed by atoms with van der Waals surface area (Å²) in [5.41, 5.74) is 0. The van der Waals surface area contributed by atoms with Crippen LogP contribution in [0.5, 0.6) is 0 Å². The van der Waals surface area contributed by atoms with Crippen LogP contribution in [0.2, 0.25) is 0 Å². The van der Waals surface area contributed by atoms with Gasteiger partial charge in [0.25, 0.3) is 0 Å². The Kier molecular flexibility index (Phi) is 2.86. The van der Waals surface area contributed by atoms with Crippen LogP contribution in [0.3, 0.4) is 0 Å². The van der Waals surface area contributed by atoms with Crippen LogP contribution in [0.15, 0.2) is 0 Å². The summed E-state index contributed by atoms with van der Waals surface area (Å²) in [5.74, 6) is 0.899. The zero-order chi connectivity index (χ0) is 9.97. The maximum Gasteiger partial charge on any atom is 0.239 e. The van der Waals surface area contributed by atoms with Crippen LogP contribution in [-0.4, -0.2) is 28.5 Å².